The summed E-state index contributed by atoms with van der Waals surface area (Å²) in [4.78, 5) is -0.102. The van der Waals surface area contributed by atoms with Crippen molar-refractivity contribution in [3.63, 3.8) is 0 Å². The van der Waals surface area contributed by atoms with Crippen molar-refractivity contribution < 1.29 is 36.7 Å². The summed E-state index contributed by atoms with van der Waals surface area (Å²) in [6, 6.07) is 2.53. The van der Waals surface area contributed by atoms with Crippen LogP contribution < -0.4 is 0 Å². The van der Waals surface area contributed by atoms with E-state index in [1.165, 1.54) is 17.5 Å². The molecule has 0 aliphatic heterocycles. The lowest BCUT2D eigenvalue weighted by atomic mass is 9.94. The SMILES string of the molecule is O/N=C(\CC(O)(C(F)(F)F)C(F)(F)F)c1cccs1. The van der Waals surface area contributed by atoms with Gasteiger partial charge in [0.15, 0.2) is 0 Å². The predicted octanol–water partition coefficient (Wildman–Crippen LogP) is 3.17. The molecule has 0 amide bonds. The van der Waals surface area contributed by atoms with E-state index in [2.05, 4.69) is 5.16 Å². The Morgan fingerprint density at radius 3 is 2.00 bits per heavy atom. The van der Waals surface area contributed by atoms with E-state index in [0.29, 0.717) is 0 Å². The van der Waals surface area contributed by atoms with Gasteiger partial charge in [0.25, 0.3) is 5.60 Å². The third kappa shape index (κ3) is 3.00. The highest BCUT2D eigenvalue weighted by atomic mass is 32.1. The highest BCUT2D eigenvalue weighted by Gasteiger charge is 2.70. The number of alkyl halides is 6. The van der Waals surface area contributed by atoms with Crippen LogP contribution in [0, 0.1) is 0 Å². The first-order valence-corrected chi connectivity index (χ1v) is 5.51. The molecule has 0 unspecified atom stereocenters. The van der Waals surface area contributed by atoms with Gasteiger partial charge in [0.1, 0.15) is 5.71 Å². The fourth-order valence-electron chi connectivity index (χ4n) is 1.22. The van der Waals surface area contributed by atoms with Crippen LogP contribution in [0.1, 0.15) is 11.3 Å². The van der Waals surface area contributed by atoms with Crippen molar-refractivity contribution >= 4 is 17.0 Å². The molecule has 2 N–H and O–H groups in total. The second kappa shape index (κ2) is 5.00. The molecule has 1 rings (SSSR count). The van der Waals surface area contributed by atoms with E-state index >= 15 is 0 Å². The smallest absolute Gasteiger partial charge is 0.411 e. The monoisotopic (exact) mass is 307 g/mol. The predicted molar refractivity (Wildman–Crippen MR) is 54.3 cm³/mol. The zero-order valence-corrected chi connectivity index (χ0v) is 9.77. The quantitative estimate of drug-likeness (QED) is 0.390. The molecule has 1 aromatic heterocycles. The molecule has 0 radical (unpaired) electrons. The number of hydrogen-bond donors (Lipinski definition) is 2. The Morgan fingerprint density at radius 1 is 1.16 bits per heavy atom. The molecule has 0 aliphatic carbocycles. The van der Waals surface area contributed by atoms with Crippen molar-refractivity contribution in [3.8, 4) is 0 Å². The normalized spacial score (nSPS) is 14.8. The summed E-state index contributed by atoms with van der Waals surface area (Å²) in [5.74, 6) is 0. The molecule has 1 heterocycles. The van der Waals surface area contributed by atoms with Crippen molar-refractivity contribution in [2.45, 2.75) is 24.4 Å². The van der Waals surface area contributed by atoms with Gasteiger partial charge in [-0.1, -0.05) is 11.2 Å². The Balaban J connectivity index is 3.17. The minimum atomic E-state index is -5.95. The first-order chi connectivity index (χ1) is 8.53. The van der Waals surface area contributed by atoms with E-state index in [4.69, 9.17) is 10.3 Å². The maximum Gasteiger partial charge on any atom is 0.426 e. The highest BCUT2D eigenvalue weighted by Crippen LogP contribution is 2.45. The van der Waals surface area contributed by atoms with E-state index in [0.717, 1.165) is 11.3 Å². The number of rotatable bonds is 3. The second-order valence-electron chi connectivity index (χ2n) is 3.56. The van der Waals surface area contributed by atoms with E-state index in [-0.39, 0.29) is 4.88 Å². The standard InChI is InChI=1S/C9H7F6NO2S/c10-8(11,12)7(17,9(13,14)15)4-5(16-18)6-2-1-3-19-6/h1-3,17-18H,4H2/b16-5+. The number of nitrogens with zero attached hydrogens (tertiary/aromatic N) is 1. The molecule has 0 fully saturated rings. The van der Waals surface area contributed by atoms with Crippen LogP contribution in [0.2, 0.25) is 0 Å². The summed E-state index contributed by atoms with van der Waals surface area (Å²) < 4.78 is 74.6. The molecular weight excluding hydrogens is 300 g/mol. The fraction of sp³-hybridized carbons (Fsp3) is 0.444. The first-order valence-electron chi connectivity index (χ1n) is 4.63. The molecule has 0 aliphatic rings. The van der Waals surface area contributed by atoms with Gasteiger partial charge in [-0.15, -0.1) is 11.3 Å². The van der Waals surface area contributed by atoms with Gasteiger partial charge < -0.3 is 10.3 Å². The Labute approximate surface area is 106 Å². The third-order valence-electron chi connectivity index (χ3n) is 2.29. The lowest BCUT2D eigenvalue weighted by Crippen LogP contribution is -2.57. The molecule has 0 aromatic carbocycles. The van der Waals surface area contributed by atoms with Gasteiger partial charge in [0.2, 0.25) is 0 Å². The molecule has 19 heavy (non-hydrogen) atoms. The van der Waals surface area contributed by atoms with Crippen LogP contribution in [0.5, 0.6) is 0 Å². The van der Waals surface area contributed by atoms with E-state index in [1.807, 2.05) is 0 Å². The number of thiophene rings is 1. The van der Waals surface area contributed by atoms with Crippen molar-refractivity contribution in [1.82, 2.24) is 0 Å². The van der Waals surface area contributed by atoms with Gasteiger partial charge in [-0.3, -0.25) is 0 Å². The summed E-state index contributed by atoms with van der Waals surface area (Å²) in [7, 11) is 0. The van der Waals surface area contributed by atoms with Crippen LogP contribution in [0.3, 0.4) is 0 Å². The van der Waals surface area contributed by atoms with Crippen molar-refractivity contribution in [1.29, 1.82) is 0 Å². The van der Waals surface area contributed by atoms with E-state index in [1.54, 1.807) is 0 Å². The molecule has 0 atom stereocenters. The Morgan fingerprint density at radius 2 is 1.68 bits per heavy atom. The number of hydrogen-bond acceptors (Lipinski definition) is 4. The van der Waals surface area contributed by atoms with Crippen molar-refractivity contribution in [3.05, 3.63) is 22.4 Å². The van der Waals surface area contributed by atoms with E-state index in [9.17, 15) is 26.3 Å². The molecule has 0 spiro atoms. The molecule has 1 aromatic rings. The molecule has 0 saturated carbocycles. The van der Waals surface area contributed by atoms with E-state index < -0.39 is 30.1 Å². The van der Waals surface area contributed by atoms with Crippen molar-refractivity contribution in [2.75, 3.05) is 0 Å². The second-order valence-corrected chi connectivity index (χ2v) is 4.50. The fourth-order valence-corrected chi connectivity index (χ4v) is 1.93. The summed E-state index contributed by atoms with van der Waals surface area (Å²) in [5, 5.41) is 21.3. The molecule has 108 valence electrons. The van der Waals surface area contributed by atoms with Crippen LogP contribution in [0.25, 0.3) is 0 Å². The summed E-state index contributed by atoms with van der Waals surface area (Å²) in [5.41, 5.74) is -5.86. The Hall–Kier alpha value is -1.29. The summed E-state index contributed by atoms with van der Waals surface area (Å²) >= 11 is 0.781. The van der Waals surface area contributed by atoms with Gasteiger partial charge >= 0.3 is 12.4 Å². The van der Waals surface area contributed by atoms with Crippen LogP contribution in [0.4, 0.5) is 26.3 Å². The minimum Gasteiger partial charge on any atom is -0.411 e. The lowest BCUT2D eigenvalue weighted by molar-refractivity contribution is -0.365. The van der Waals surface area contributed by atoms with Gasteiger partial charge in [-0.2, -0.15) is 26.3 Å². The number of oxime groups is 1. The number of halogens is 6. The van der Waals surface area contributed by atoms with Gasteiger partial charge in [0.05, 0.1) is 4.88 Å². The molecule has 0 saturated heterocycles. The average Bonchev–Trinajstić information content (AvgIpc) is 2.75. The lowest BCUT2D eigenvalue weighted by Gasteiger charge is -2.32. The molecular formula is C9H7F6NO2S. The maximum absolute atomic E-state index is 12.4. The Bertz CT molecular complexity index is 436. The van der Waals surface area contributed by atoms with Crippen LogP contribution in [-0.2, 0) is 0 Å². The third-order valence-corrected chi connectivity index (χ3v) is 3.21. The van der Waals surface area contributed by atoms with Crippen LogP contribution in [-0.4, -0.2) is 34.0 Å². The zero-order chi connectivity index (χ0) is 14.9. The molecule has 10 heteroatoms. The maximum atomic E-state index is 12.4. The largest absolute Gasteiger partial charge is 0.426 e. The van der Waals surface area contributed by atoms with Gasteiger partial charge in [-0.05, 0) is 11.4 Å². The first kappa shape index (κ1) is 15.8. The van der Waals surface area contributed by atoms with Crippen molar-refractivity contribution in [2.24, 2.45) is 5.16 Å². The molecule has 3 nitrogen and oxygen atoms in total. The minimum absolute atomic E-state index is 0.102. The number of aliphatic hydroxyl groups is 1. The zero-order valence-electron chi connectivity index (χ0n) is 8.96. The average molecular weight is 307 g/mol. The van der Waals surface area contributed by atoms with Gasteiger partial charge in [-0.25, -0.2) is 0 Å². The highest BCUT2D eigenvalue weighted by molar-refractivity contribution is 7.12. The molecule has 0 bridgehead atoms. The summed E-state index contributed by atoms with van der Waals surface area (Å²) in [6.07, 6.45) is -13.8. The topological polar surface area (TPSA) is 52.8 Å². The summed E-state index contributed by atoms with van der Waals surface area (Å²) in [6.45, 7) is 0. The Kier molecular flexibility index (Phi) is 4.15. The van der Waals surface area contributed by atoms with Gasteiger partial charge in [0, 0.05) is 6.42 Å². The van der Waals surface area contributed by atoms with Crippen LogP contribution in [0.15, 0.2) is 22.7 Å². The van der Waals surface area contributed by atoms with Crippen LogP contribution >= 0.6 is 11.3 Å².